The summed E-state index contributed by atoms with van der Waals surface area (Å²) < 4.78 is 6.88. The van der Waals surface area contributed by atoms with Gasteiger partial charge in [0, 0.05) is 22.8 Å². The number of nitrogens with zero attached hydrogens (tertiary/aromatic N) is 1. The summed E-state index contributed by atoms with van der Waals surface area (Å²) in [5.74, 6) is -0.448. The lowest BCUT2D eigenvalue weighted by atomic mass is 10.1. The maximum Gasteiger partial charge on any atom is 0.337 e. The molecule has 6 nitrogen and oxygen atoms in total. The largest absolute Gasteiger partial charge is 0.465 e. The van der Waals surface area contributed by atoms with E-state index in [-0.39, 0.29) is 17.4 Å². The Balaban J connectivity index is 1.53. The maximum absolute atomic E-state index is 12.6. The molecule has 1 saturated heterocycles. The number of hydrogen-bond acceptors (Lipinski definition) is 5. The molecule has 0 saturated carbocycles. The number of aryl methyl sites for hydroxylation is 2. The van der Waals surface area contributed by atoms with Gasteiger partial charge < -0.3 is 19.9 Å². The standard InChI is InChI=1S/C26H27N3O3S/c1-5-18-6-10-21(11-7-18)27-26-28-24(30)23(33-26)15-20-14-16(2)29(17(20)3)22-12-8-19(9-13-22)25(31)32-4/h6-15,26-27H,5H2,1-4H3,(H,28,30)/b23-15-/t26-/m0/s1. The van der Waals surface area contributed by atoms with Crippen molar-refractivity contribution in [3.05, 3.63) is 87.6 Å². The fourth-order valence-electron chi connectivity index (χ4n) is 3.89. The molecule has 2 N–H and O–H groups in total. The number of carbonyl (C=O) groups is 2. The summed E-state index contributed by atoms with van der Waals surface area (Å²) in [4.78, 5) is 25.0. The number of hydrogen-bond donors (Lipinski definition) is 2. The zero-order valence-electron chi connectivity index (χ0n) is 19.1. The molecule has 1 fully saturated rings. The van der Waals surface area contributed by atoms with E-state index in [1.165, 1.54) is 24.4 Å². The Kier molecular flexibility index (Phi) is 6.60. The van der Waals surface area contributed by atoms with Gasteiger partial charge in [-0.05, 0) is 79.9 Å². The highest BCUT2D eigenvalue weighted by molar-refractivity contribution is 8.05. The zero-order valence-corrected chi connectivity index (χ0v) is 20.0. The monoisotopic (exact) mass is 461 g/mol. The van der Waals surface area contributed by atoms with Gasteiger partial charge in [-0.25, -0.2) is 4.79 Å². The molecule has 0 bridgehead atoms. The molecule has 1 aliphatic heterocycles. The number of methoxy groups -OCH3 is 1. The Bertz CT molecular complexity index is 1210. The predicted molar refractivity (Wildman–Crippen MR) is 134 cm³/mol. The Morgan fingerprint density at radius 2 is 1.85 bits per heavy atom. The second-order valence-corrected chi connectivity index (χ2v) is 9.02. The van der Waals surface area contributed by atoms with Crippen molar-refractivity contribution in [2.75, 3.05) is 12.4 Å². The molecule has 3 aromatic rings. The highest BCUT2D eigenvalue weighted by Crippen LogP contribution is 2.32. The number of amides is 1. The van der Waals surface area contributed by atoms with E-state index in [0.717, 1.165) is 34.7 Å². The summed E-state index contributed by atoms with van der Waals surface area (Å²) >= 11 is 1.47. The minimum atomic E-state index is -0.360. The van der Waals surface area contributed by atoms with Crippen LogP contribution in [-0.4, -0.2) is 29.1 Å². The average molecular weight is 462 g/mol. The Morgan fingerprint density at radius 3 is 2.48 bits per heavy atom. The van der Waals surface area contributed by atoms with Crippen molar-refractivity contribution in [2.45, 2.75) is 32.7 Å². The van der Waals surface area contributed by atoms with E-state index < -0.39 is 0 Å². The van der Waals surface area contributed by atoms with Crippen LogP contribution in [0.1, 0.15) is 39.8 Å². The summed E-state index contributed by atoms with van der Waals surface area (Å²) in [7, 11) is 1.37. The molecule has 0 aliphatic carbocycles. The minimum Gasteiger partial charge on any atom is -0.465 e. The summed E-state index contributed by atoms with van der Waals surface area (Å²) in [5.41, 5.74) is 6.53. The number of rotatable bonds is 6. The lowest BCUT2D eigenvalue weighted by Crippen LogP contribution is -2.30. The van der Waals surface area contributed by atoms with Gasteiger partial charge in [-0.2, -0.15) is 0 Å². The van der Waals surface area contributed by atoms with E-state index in [1.807, 2.05) is 44.2 Å². The molecular formula is C26H27N3O3S. The number of esters is 1. The van der Waals surface area contributed by atoms with Gasteiger partial charge in [-0.1, -0.05) is 30.8 Å². The highest BCUT2D eigenvalue weighted by atomic mass is 32.2. The van der Waals surface area contributed by atoms with E-state index in [0.29, 0.717) is 10.5 Å². The molecule has 2 aromatic carbocycles. The summed E-state index contributed by atoms with van der Waals surface area (Å²) in [6, 6.07) is 17.6. The van der Waals surface area contributed by atoms with Crippen LogP contribution in [0.25, 0.3) is 11.8 Å². The SMILES string of the molecule is CCc1ccc(N[C@H]2NC(=O)/C(=C/c3cc(C)n(-c4ccc(C(=O)OC)cc4)c3C)S2)cc1. The van der Waals surface area contributed by atoms with E-state index in [2.05, 4.69) is 40.3 Å². The van der Waals surface area contributed by atoms with Crippen LogP contribution in [0.2, 0.25) is 0 Å². The molecule has 1 atom stereocenters. The van der Waals surface area contributed by atoms with Crippen LogP contribution in [0.15, 0.2) is 59.5 Å². The average Bonchev–Trinajstić information content (AvgIpc) is 3.31. The van der Waals surface area contributed by atoms with E-state index in [9.17, 15) is 9.59 Å². The number of anilines is 1. The predicted octanol–water partition coefficient (Wildman–Crippen LogP) is 5.04. The number of benzene rings is 2. The first kappa shape index (κ1) is 22.7. The van der Waals surface area contributed by atoms with Gasteiger partial charge >= 0.3 is 5.97 Å². The quantitative estimate of drug-likeness (QED) is 0.397. The summed E-state index contributed by atoms with van der Waals surface area (Å²) in [6.07, 6.45) is 2.93. The second-order valence-electron chi connectivity index (χ2n) is 7.88. The molecule has 1 amide bonds. The van der Waals surface area contributed by atoms with Gasteiger partial charge in [0.15, 0.2) is 5.50 Å². The lowest BCUT2D eigenvalue weighted by molar-refractivity contribution is -0.116. The van der Waals surface area contributed by atoms with Gasteiger partial charge in [-0.3, -0.25) is 4.79 Å². The first-order chi connectivity index (χ1) is 15.9. The number of thioether (sulfide) groups is 1. The Hall–Kier alpha value is -3.45. The van der Waals surface area contributed by atoms with Crippen LogP contribution < -0.4 is 10.6 Å². The molecule has 0 spiro atoms. The number of aromatic nitrogens is 1. The Labute approximate surface area is 198 Å². The Morgan fingerprint density at radius 1 is 1.15 bits per heavy atom. The lowest BCUT2D eigenvalue weighted by Gasteiger charge is -2.12. The van der Waals surface area contributed by atoms with E-state index >= 15 is 0 Å². The molecule has 0 unspecified atom stereocenters. The van der Waals surface area contributed by atoms with Crippen molar-refractivity contribution < 1.29 is 14.3 Å². The first-order valence-electron chi connectivity index (χ1n) is 10.8. The smallest absolute Gasteiger partial charge is 0.337 e. The third-order valence-electron chi connectivity index (χ3n) is 5.69. The molecule has 2 heterocycles. The topological polar surface area (TPSA) is 72.4 Å². The molecule has 4 rings (SSSR count). The van der Waals surface area contributed by atoms with E-state index in [4.69, 9.17) is 4.74 Å². The first-order valence-corrected chi connectivity index (χ1v) is 11.7. The molecule has 7 heteroatoms. The van der Waals surface area contributed by atoms with Crippen molar-refractivity contribution in [1.82, 2.24) is 9.88 Å². The van der Waals surface area contributed by atoms with Gasteiger partial charge in [-0.15, -0.1) is 0 Å². The van der Waals surface area contributed by atoms with E-state index in [1.54, 1.807) is 12.1 Å². The van der Waals surface area contributed by atoms with Crippen LogP contribution in [0, 0.1) is 13.8 Å². The molecule has 1 aromatic heterocycles. The van der Waals surface area contributed by atoms with Crippen LogP contribution in [0.4, 0.5) is 5.69 Å². The summed E-state index contributed by atoms with van der Waals surface area (Å²) in [6.45, 7) is 6.17. The third kappa shape index (κ3) is 4.83. The van der Waals surface area contributed by atoms with Crippen molar-refractivity contribution in [1.29, 1.82) is 0 Å². The number of nitrogens with one attached hydrogen (secondary N) is 2. The van der Waals surface area contributed by atoms with Gasteiger partial charge in [0.1, 0.15) is 0 Å². The van der Waals surface area contributed by atoms with Crippen LogP contribution in [0.5, 0.6) is 0 Å². The molecule has 33 heavy (non-hydrogen) atoms. The number of carbonyl (C=O) groups excluding carboxylic acids is 2. The zero-order chi connectivity index (χ0) is 23.5. The fourth-order valence-corrected chi connectivity index (χ4v) is 4.87. The van der Waals surface area contributed by atoms with Crippen molar-refractivity contribution in [3.8, 4) is 5.69 Å². The number of ether oxygens (including phenoxy) is 1. The molecule has 0 radical (unpaired) electrons. The normalized spacial score (nSPS) is 16.7. The van der Waals surface area contributed by atoms with Crippen LogP contribution in [0.3, 0.4) is 0 Å². The molecule has 170 valence electrons. The van der Waals surface area contributed by atoms with Crippen molar-refractivity contribution >= 4 is 35.4 Å². The van der Waals surface area contributed by atoms with Crippen LogP contribution >= 0.6 is 11.8 Å². The van der Waals surface area contributed by atoms with Crippen molar-refractivity contribution in [2.24, 2.45) is 0 Å². The van der Waals surface area contributed by atoms with Gasteiger partial charge in [0.05, 0.1) is 17.6 Å². The maximum atomic E-state index is 12.6. The summed E-state index contributed by atoms with van der Waals surface area (Å²) in [5, 5.41) is 6.35. The molecular weight excluding hydrogens is 434 g/mol. The molecule has 1 aliphatic rings. The second kappa shape index (κ2) is 9.58. The van der Waals surface area contributed by atoms with Crippen LogP contribution in [-0.2, 0) is 16.0 Å². The van der Waals surface area contributed by atoms with Gasteiger partial charge in [0.2, 0.25) is 0 Å². The van der Waals surface area contributed by atoms with Gasteiger partial charge in [0.25, 0.3) is 5.91 Å². The minimum absolute atomic E-state index is 0.0880. The highest BCUT2D eigenvalue weighted by Gasteiger charge is 2.27. The third-order valence-corrected chi connectivity index (χ3v) is 6.72. The fraction of sp³-hybridized carbons (Fsp3) is 0.231. The van der Waals surface area contributed by atoms with Crippen molar-refractivity contribution in [3.63, 3.8) is 0 Å².